The molecule has 2 aromatic carbocycles. The molecule has 0 spiro atoms. The monoisotopic (exact) mass is 411 g/mol. The predicted molar refractivity (Wildman–Crippen MR) is 114 cm³/mol. The lowest BCUT2D eigenvalue weighted by Crippen LogP contribution is -2.54. The summed E-state index contributed by atoms with van der Waals surface area (Å²) in [6, 6.07) is 17.4. The molecule has 160 valence electrons. The Bertz CT molecular complexity index is 811. The molecule has 1 aliphatic heterocycles. The van der Waals surface area contributed by atoms with Gasteiger partial charge in [-0.05, 0) is 29.7 Å². The van der Waals surface area contributed by atoms with Crippen LogP contribution in [-0.4, -0.2) is 55.6 Å². The van der Waals surface area contributed by atoms with E-state index < -0.39 is 11.9 Å². The van der Waals surface area contributed by atoms with Crippen LogP contribution in [0.3, 0.4) is 0 Å². The summed E-state index contributed by atoms with van der Waals surface area (Å²) in [6.07, 6.45) is 1.07. The normalized spacial score (nSPS) is 16.7. The largest absolute Gasteiger partial charge is 0.489 e. The van der Waals surface area contributed by atoms with Gasteiger partial charge in [-0.3, -0.25) is 14.5 Å². The molecule has 0 bridgehead atoms. The van der Waals surface area contributed by atoms with Crippen LogP contribution in [0.5, 0.6) is 5.75 Å². The number of rotatable bonds is 10. The highest BCUT2D eigenvalue weighted by atomic mass is 16.5. The summed E-state index contributed by atoms with van der Waals surface area (Å²) in [5.74, 6) is 0.405. The van der Waals surface area contributed by atoms with Gasteiger partial charge in [-0.25, -0.2) is 0 Å². The van der Waals surface area contributed by atoms with Gasteiger partial charge >= 0.3 is 0 Å². The van der Waals surface area contributed by atoms with Gasteiger partial charge in [-0.2, -0.15) is 0 Å². The van der Waals surface area contributed by atoms with Crippen LogP contribution in [0.4, 0.5) is 0 Å². The fourth-order valence-corrected chi connectivity index (χ4v) is 3.35. The summed E-state index contributed by atoms with van der Waals surface area (Å²) in [6.45, 7) is 3.12. The number of aryl methyl sites for hydroxylation is 1. The van der Waals surface area contributed by atoms with Crippen molar-refractivity contribution in [3.8, 4) is 5.75 Å². The lowest BCUT2D eigenvalue weighted by Gasteiger charge is -2.33. The molecule has 0 radical (unpaired) electrons. The summed E-state index contributed by atoms with van der Waals surface area (Å²) in [5, 5.41) is 2.91. The molecule has 7 heteroatoms. The van der Waals surface area contributed by atoms with Crippen molar-refractivity contribution in [2.75, 3.05) is 32.8 Å². The van der Waals surface area contributed by atoms with E-state index in [9.17, 15) is 9.59 Å². The Morgan fingerprint density at radius 3 is 2.60 bits per heavy atom. The first-order valence-electron chi connectivity index (χ1n) is 10.3. The molecule has 2 amide bonds. The van der Waals surface area contributed by atoms with Crippen LogP contribution in [-0.2, 0) is 27.4 Å². The fourth-order valence-electron chi connectivity index (χ4n) is 3.35. The molecule has 7 nitrogen and oxygen atoms in total. The maximum Gasteiger partial charge on any atom is 0.237 e. The van der Waals surface area contributed by atoms with Crippen molar-refractivity contribution in [1.29, 1.82) is 0 Å². The number of carbonyl (C=O) groups is 2. The second-order valence-corrected chi connectivity index (χ2v) is 7.30. The molecule has 2 aromatic rings. The van der Waals surface area contributed by atoms with E-state index in [-0.39, 0.29) is 5.91 Å². The molecule has 0 aliphatic carbocycles. The molecule has 1 fully saturated rings. The molecule has 1 heterocycles. The van der Waals surface area contributed by atoms with E-state index in [1.54, 1.807) is 0 Å². The maximum absolute atomic E-state index is 12.1. The van der Waals surface area contributed by atoms with Crippen molar-refractivity contribution >= 4 is 11.8 Å². The second kappa shape index (κ2) is 11.3. The Balaban J connectivity index is 1.34. The molecule has 0 saturated carbocycles. The van der Waals surface area contributed by atoms with E-state index in [1.807, 2.05) is 59.5 Å². The first kappa shape index (κ1) is 21.8. The molecule has 1 aliphatic rings. The number of hydrogen-bond donors (Lipinski definition) is 2. The summed E-state index contributed by atoms with van der Waals surface area (Å²) < 4.78 is 11.1. The fraction of sp³-hybridized carbons (Fsp3) is 0.391. The molecule has 1 unspecified atom stereocenters. The molecule has 0 aromatic heterocycles. The zero-order valence-corrected chi connectivity index (χ0v) is 17.1. The van der Waals surface area contributed by atoms with Crippen LogP contribution in [0, 0.1) is 0 Å². The van der Waals surface area contributed by atoms with Gasteiger partial charge in [-0.1, -0.05) is 42.5 Å². The zero-order chi connectivity index (χ0) is 21.2. The highest BCUT2D eigenvalue weighted by Gasteiger charge is 2.27. The summed E-state index contributed by atoms with van der Waals surface area (Å²) >= 11 is 0. The van der Waals surface area contributed by atoms with Gasteiger partial charge in [0.2, 0.25) is 11.8 Å². The van der Waals surface area contributed by atoms with Crippen molar-refractivity contribution in [1.82, 2.24) is 10.2 Å². The third-order valence-corrected chi connectivity index (χ3v) is 5.10. The number of nitrogens with zero attached hydrogens (tertiary/aromatic N) is 1. The van der Waals surface area contributed by atoms with Crippen LogP contribution in [0.15, 0.2) is 54.6 Å². The minimum absolute atomic E-state index is 0.0108. The number of morpholine rings is 1. The van der Waals surface area contributed by atoms with E-state index in [0.717, 1.165) is 16.9 Å². The minimum atomic E-state index is -0.418. The van der Waals surface area contributed by atoms with Gasteiger partial charge in [-0.15, -0.1) is 0 Å². The third kappa shape index (κ3) is 6.86. The van der Waals surface area contributed by atoms with Gasteiger partial charge < -0.3 is 20.5 Å². The van der Waals surface area contributed by atoms with Crippen LogP contribution >= 0.6 is 0 Å². The number of nitrogens with one attached hydrogen (secondary N) is 1. The number of amides is 2. The Hall–Kier alpha value is -2.90. The predicted octanol–water partition coefficient (Wildman–Crippen LogP) is 1.50. The van der Waals surface area contributed by atoms with E-state index in [4.69, 9.17) is 15.2 Å². The number of primary amides is 1. The summed E-state index contributed by atoms with van der Waals surface area (Å²) in [5.41, 5.74) is 7.61. The Labute approximate surface area is 177 Å². The first-order chi connectivity index (χ1) is 14.6. The van der Waals surface area contributed by atoms with Crippen LogP contribution in [0.25, 0.3) is 0 Å². The average Bonchev–Trinajstić information content (AvgIpc) is 2.78. The molecule has 3 N–H and O–H groups in total. The summed E-state index contributed by atoms with van der Waals surface area (Å²) in [4.78, 5) is 25.6. The molecular weight excluding hydrogens is 382 g/mol. The lowest BCUT2D eigenvalue weighted by molar-refractivity contribution is -0.129. The number of hydrogen-bond acceptors (Lipinski definition) is 5. The van der Waals surface area contributed by atoms with E-state index in [1.165, 1.54) is 0 Å². The average molecular weight is 412 g/mol. The van der Waals surface area contributed by atoms with E-state index in [0.29, 0.717) is 52.3 Å². The highest BCUT2D eigenvalue weighted by molar-refractivity contribution is 5.80. The van der Waals surface area contributed by atoms with Crippen molar-refractivity contribution < 1.29 is 19.1 Å². The van der Waals surface area contributed by atoms with Crippen LogP contribution in [0.1, 0.15) is 17.5 Å². The van der Waals surface area contributed by atoms with Crippen molar-refractivity contribution in [3.05, 3.63) is 65.7 Å². The first-order valence-corrected chi connectivity index (χ1v) is 10.3. The molecule has 3 rings (SSSR count). The Kier molecular flexibility index (Phi) is 8.23. The molecule has 1 saturated heterocycles. The second-order valence-electron chi connectivity index (χ2n) is 7.30. The smallest absolute Gasteiger partial charge is 0.237 e. The van der Waals surface area contributed by atoms with Crippen molar-refractivity contribution in [3.63, 3.8) is 0 Å². The number of nitrogens with two attached hydrogens (primary N) is 1. The minimum Gasteiger partial charge on any atom is -0.489 e. The van der Waals surface area contributed by atoms with Crippen LogP contribution in [0.2, 0.25) is 0 Å². The number of ether oxygens (including phenoxy) is 2. The Morgan fingerprint density at radius 1 is 1.10 bits per heavy atom. The van der Waals surface area contributed by atoms with Gasteiger partial charge in [0.05, 0.1) is 13.2 Å². The Morgan fingerprint density at radius 2 is 1.87 bits per heavy atom. The lowest BCUT2D eigenvalue weighted by atomic mass is 10.1. The summed E-state index contributed by atoms with van der Waals surface area (Å²) in [7, 11) is 0. The van der Waals surface area contributed by atoms with Gasteiger partial charge in [0.1, 0.15) is 18.4 Å². The van der Waals surface area contributed by atoms with Crippen LogP contribution < -0.4 is 15.8 Å². The van der Waals surface area contributed by atoms with Gasteiger partial charge in [0.25, 0.3) is 0 Å². The third-order valence-electron chi connectivity index (χ3n) is 5.10. The maximum atomic E-state index is 12.1. The van der Waals surface area contributed by atoms with Crippen molar-refractivity contribution in [2.45, 2.75) is 25.5 Å². The molecule has 1 atom stereocenters. The molecule has 30 heavy (non-hydrogen) atoms. The van der Waals surface area contributed by atoms with E-state index in [2.05, 4.69) is 5.32 Å². The standard InChI is InChI=1S/C23H29N3O4/c24-23(28)21-17-29-15-14-26(21)13-12-25-22(27)11-8-18-6-9-20(10-7-18)30-16-19-4-2-1-3-5-19/h1-7,9-10,21H,8,11-17H2,(H2,24,28)(H,25,27). The van der Waals surface area contributed by atoms with Crippen molar-refractivity contribution in [2.24, 2.45) is 5.73 Å². The highest BCUT2D eigenvalue weighted by Crippen LogP contribution is 2.15. The quantitative estimate of drug-likeness (QED) is 0.618. The van der Waals surface area contributed by atoms with Gasteiger partial charge in [0, 0.05) is 26.1 Å². The topological polar surface area (TPSA) is 93.9 Å². The zero-order valence-electron chi connectivity index (χ0n) is 17.1. The molecular formula is C23H29N3O4. The van der Waals surface area contributed by atoms with E-state index >= 15 is 0 Å². The number of benzene rings is 2. The number of carbonyl (C=O) groups excluding carboxylic acids is 2. The SMILES string of the molecule is NC(=O)C1COCCN1CCNC(=O)CCc1ccc(OCc2ccccc2)cc1. The van der Waals surface area contributed by atoms with Gasteiger partial charge in [0.15, 0.2) is 0 Å².